The van der Waals surface area contributed by atoms with Crippen molar-refractivity contribution in [3.8, 4) is 5.75 Å². The number of nitrogens with zero attached hydrogens (tertiary/aromatic N) is 1. The van der Waals surface area contributed by atoms with E-state index in [0.717, 1.165) is 5.69 Å². The van der Waals surface area contributed by atoms with Gasteiger partial charge in [-0.1, -0.05) is 13.8 Å². The molecule has 1 amide bonds. The van der Waals surface area contributed by atoms with Crippen LogP contribution in [-0.4, -0.2) is 28.6 Å². The molecule has 0 aliphatic rings. The number of rotatable bonds is 7. The second-order valence-electron chi connectivity index (χ2n) is 6.01. The van der Waals surface area contributed by atoms with Crippen molar-refractivity contribution in [2.24, 2.45) is 5.92 Å². The van der Waals surface area contributed by atoms with E-state index in [2.05, 4.69) is 24.1 Å². The summed E-state index contributed by atoms with van der Waals surface area (Å²) in [5.41, 5.74) is 1.72. The van der Waals surface area contributed by atoms with E-state index in [9.17, 15) is 9.59 Å². The highest BCUT2D eigenvalue weighted by atomic mass is 16.5. The van der Waals surface area contributed by atoms with E-state index in [-0.39, 0.29) is 11.5 Å². The average molecular weight is 342 g/mol. The van der Waals surface area contributed by atoms with Crippen LogP contribution >= 0.6 is 0 Å². The molecule has 1 aromatic heterocycles. The lowest BCUT2D eigenvalue weighted by atomic mass is 10.1. The van der Waals surface area contributed by atoms with Crippen molar-refractivity contribution in [2.75, 3.05) is 11.9 Å². The van der Waals surface area contributed by atoms with Gasteiger partial charge in [-0.25, -0.2) is 9.78 Å². The third-order valence-electron chi connectivity index (χ3n) is 3.46. The first kappa shape index (κ1) is 18.4. The summed E-state index contributed by atoms with van der Waals surface area (Å²) >= 11 is 0. The lowest BCUT2D eigenvalue weighted by Crippen LogP contribution is -2.15. The van der Waals surface area contributed by atoms with Crippen LogP contribution in [0.2, 0.25) is 0 Å². The van der Waals surface area contributed by atoms with Crippen LogP contribution in [0.15, 0.2) is 36.4 Å². The van der Waals surface area contributed by atoms with Gasteiger partial charge in [0, 0.05) is 5.69 Å². The Morgan fingerprint density at radius 1 is 1.16 bits per heavy atom. The highest BCUT2D eigenvalue weighted by molar-refractivity contribution is 6.03. The maximum Gasteiger partial charge on any atom is 0.335 e. The molecule has 0 saturated heterocycles. The molecule has 0 bridgehead atoms. The Kier molecular flexibility index (Phi) is 6.11. The number of carbonyl (C=O) groups excluding carboxylic acids is 1. The number of carboxylic acids is 1. The highest BCUT2D eigenvalue weighted by Gasteiger charge is 2.14. The monoisotopic (exact) mass is 342 g/mol. The van der Waals surface area contributed by atoms with Crippen LogP contribution in [0.25, 0.3) is 0 Å². The summed E-state index contributed by atoms with van der Waals surface area (Å²) in [6.07, 6.45) is 0.712. The number of hydrogen-bond donors (Lipinski definition) is 2. The minimum Gasteiger partial charge on any atom is -0.492 e. The van der Waals surface area contributed by atoms with Gasteiger partial charge in [0.25, 0.3) is 5.91 Å². The number of ether oxygens (including phenoxy) is 1. The molecule has 6 nitrogen and oxygen atoms in total. The molecule has 2 aromatic rings. The fourth-order valence-corrected chi connectivity index (χ4v) is 2.33. The summed E-state index contributed by atoms with van der Waals surface area (Å²) in [5.74, 6) is -0.285. The molecule has 2 N–H and O–H groups in total. The molecule has 1 aromatic carbocycles. The molecular formula is C19H22N2O4. The summed E-state index contributed by atoms with van der Waals surface area (Å²) in [7, 11) is 0. The van der Waals surface area contributed by atoms with E-state index < -0.39 is 5.97 Å². The molecular weight excluding hydrogens is 320 g/mol. The Balaban J connectivity index is 2.19. The minimum absolute atomic E-state index is 0.163. The molecule has 6 heteroatoms. The van der Waals surface area contributed by atoms with E-state index in [4.69, 9.17) is 9.84 Å². The maximum atomic E-state index is 12.4. The second kappa shape index (κ2) is 8.28. The van der Waals surface area contributed by atoms with Gasteiger partial charge in [-0.05, 0) is 55.7 Å². The van der Waals surface area contributed by atoms with Crippen LogP contribution in [0.3, 0.4) is 0 Å². The quantitative estimate of drug-likeness (QED) is 0.802. The minimum atomic E-state index is -1.01. The molecule has 0 radical (unpaired) electrons. The topological polar surface area (TPSA) is 88.5 Å². The standard InChI is InChI=1S/C19H22N2O4/c1-4-25-17-10-9-15(21-16(17)11-12(2)3)18(22)20-14-7-5-13(6-8-14)19(23)24/h5-10,12H,4,11H2,1-3H3,(H,20,22)(H,23,24). The van der Waals surface area contributed by atoms with Crippen molar-refractivity contribution >= 4 is 17.6 Å². The van der Waals surface area contributed by atoms with Gasteiger partial charge in [-0.15, -0.1) is 0 Å². The van der Waals surface area contributed by atoms with Crippen molar-refractivity contribution in [3.05, 3.63) is 53.3 Å². The Labute approximate surface area is 146 Å². The SMILES string of the molecule is CCOc1ccc(C(=O)Nc2ccc(C(=O)O)cc2)nc1CC(C)C. The molecule has 1 heterocycles. The first-order valence-corrected chi connectivity index (χ1v) is 8.18. The highest BCUT2D eigenvalue weighted by Crippen LogP contribution is 2.21. The Morgan fingerprint density at radius 2 is 1.84 bits per heavy atom. The van der Waals surface area contributed by atoms with Crippen LogP contribution in [-0.2, 0) is 6.42 Å². The fraction of sp³-hybridized carbons (Fsp3) is 0.316. The number of aromatic carboxylic acids is 1. The zero-order chi connectivity index (χ0) is 18.4. The van der Waals surface area contributed by atoms with Crippen LogP contribution in [0, 0.1) is 5.92 Å². The van der Waals surface area contributed by atoms with Crippen molar-refractivity contribution in [3.63, 3.8) is 0 Å². The zero-order valence-corrected chi connectivity index (χ0v) is 14.6. The molecule has 132 valence electrons. The van der Waals surface area contributed by atoms with Gasteiger partial charge in [-0.3, -0.25) is 4.79 Å². The number of amides is 1. The van der Waals surface area contributed by atoms with E-state index in [1.165, 1.54) is 12.1 Å². The van der Waals surface area contributed by atoms with Gasteiger partial charge in [0.1, 0.15) is 11.4 Å². The number of hydrogen-bond acceptors (Lipinski definition) is 4. The van der Waals surface area contributed by atoms with E-state index in [1.54, 1.807) is 24.3 Å². The summed E-state index contributed by atoms with van der Waals surface area (Å²) < 4.78 is 5.58. The molecule has 0 aliphatic heterocycles. The van der Waals surface area contributed by atoms with Gasteiger partial charge >= 0.3 is 5.97 Å². The molecule has 0 aliphatic carbocycles. The predicted molar refractivity (Wildman–Crippen MR) is 95.3 cm³/mol. The molecule has 2 rings (SSSR count). The Morgan fingerprint density at radius 3 is 2.40 bits per heavy atom. The number of carboxylic acid groups (broad SMARTS) is 1. The Hall–Kier alpha value is -2.89. The maximum absolute atomic E-state index is 12.4. The number of benzene rings is 1. The van der Waals surface area contributed by atoms with E-state index in [0.29, 0.717) is 36.1 Å². The van der Waals surface area contributed by atoms with Gasteiger partial charge in [-0.2, -0.15) is 0 Å². The summed E-state index contributed by atoms with van der Waals surface area (Å²) in [5, 5.41) is 11.6. The zero-order valence-electron chi connectivity index (χ0n) is 14.6. The van der Waals surface area contributed by atoms with Gasteiger partial charge < -0.3 is 15.2 Å². The van der Waals surface area contributed by atoms with Crippen LogP contribution in [0.1, 0.15) is 47.3 Å². The van der Waals surface area contributed by atoms with E-state index >= 15 is 0 Å². The molecule has 0 unspecified atom stereocenters. The van der Waals surface area contributed by atoms with Crippen LogP contribution < -0.4 is 10.1 Å². The van der Waals surface area contributed by atoms with Crippen LogP contribution in [0.5, 0.6) is 5.75 Å². The first-order chi connectivity index (χ1) is 11.9. The summed E-state index contributed by atoms with van der Waals surface area (Å²) in [4.78, 5) is 27.7. The summed E-state index contributed by atoms with van der Waals surface area (Å²) in [6.45, 7) is 6.59. The van der Waals surface area contributed by atoms with Crippen molar-refractivity contribution in [1.29, 1.82) is 0 Å². The third-order valence-corrected chi connectivity index (χ3v) is 3.46. The van der Waals surface area contributed by atoms with E-state index in [1.807, 2.05) is 6.92 Å². The number of carbonyl (C=O) groups is 2. The molecule has 0 saturated carbocycles. The normalized spacial score (nSPS) is 10.6. The van der Waals surface area contributed by atoms with Crippen molar-refractivity contribution in [2.45, 2.75) is 27.2 Å². The number of nitrogens with one attached hydrogen (secondary N) is 1. The first-order valence-electron chi connectivity index (χ1n) is 8.18. The lowest BCUT2D eigenvalue weighted by Gasteiger charge is -2.13. The second-order valence-corrected chi connectivity index (χ2v) is 6.01. The van der Waals surface area contributed by atoms with Crippen molar-refractivity contribution in [1.82, 2.24) is 4.98 Å². The average Bonchev–Trinajstić information content (AvgIpc) is 2.56. The molecule has 0 spiro atoms. The fourth-order valence-electron chi connectivity index (χ4n) is 2.33. The smallest absolute Gasteiger partial charge is 0.335 e. The molecule has 25 heavy (non-hydrogen) atoms. The third kappa shape index (κ3) is 5.04. The number of anilines is 1. The number of pyridine rings is 1. The molecule has 0 fully saturated rings. The van der Waals surface area contributed by atoms with Gasteiger partial charge in [0.05, 0.1) is 17.9 Å². The predicted octanol–water partition coefficient (Wildman–Crippen LogP) is 3.63. The van der Waals surface area contributed by atoms with Gasteiger partial charge in [0.2, 0.25) is 0 Å². The lowest BCUT2D eigenvalue weighted by molar-refractivity contribution is 0.0696. The largest absolute Gasteiger partial charge is 0.492 e. The summed E-state index contributed by atoms with van der Waals surface area (Å²) in [6, 6.07) is 9.35. The van der Waals surface area contributed by atoms with Crippen molar-refractivity contribution < 1.29 is 19.4 Å². The Bertz CT molecular complexity index is 755. The van der Waals surface area contributed by atoms with Crippen LogP contribution in [0.4, 0.5) is 5.69 Å². The molecule has 0 atom stereocenters. The van der Waals surface area contributed by atoms with Gasteiger partial charge in [0.15, 0.2) is 0 Å². The number of aromatic nitrogens is 1.